The van der Waals surface area contributed by atoms with Crippen molar-refractivity contribution >= 4 is 59.8 Å². The normalized spacial score (nSPS) is 16.9. The maximum Gasteiger partial charge on any atom is 0.224 e. The summed E-state index contributed by atoms with van der Waals surface area (Å²) in [5.41, 5.74) is 8.77. The van der Waals surface area contributed by atoms with E-state index in [1.165, 1.54) is 96.6 Å². The van der Waals surface area contributed by atoms with Gasteiger partial charge >= 0.3 is 0 Å². The number of hydrogen-bond acceptors (Lipinski definition) is 0. The largest absolute Gasteiger partial charge is 0.307 e. The Hall–Kier alpha value is -3.65. The average molecular weight is 482 g/mol. The zero-order chi connectivity index (χ0) is 25.1. The Bertz CT molecular complexity index is 2030. The van der Waals surface area contributed by atoms with Crippen LogP contribution in [0.4, 0.5) is 0 Å². The highest BCUT2D eigenvalue weighted by Crippen LogP contribution is 2.47. The molecule has 182 valence electrons. The van der Waals surface area contributed by atoms with Gasteiger partial charge in [0.15, 0.2) is 6.20 Å². The van der Waals surface area contributed by atoms with Gasteiger partial charge in [0.1, 0.15) is 7.05 Å². The fourth-order valence-electron chi connectivity index (χ4n) is 7.58. The van der Waals surface area contributed by atoms with Crippen molar-refractivity contribution < 1.29 is 4.57 Å². The van der Waals surface area contributed by atoms with Crippen LogP contribution in [-0.4, -0.2) is 4.40 Å². The molecule has 0 unspecified atom stereocenters. The summed E-state index contributed by atoms with van der Waals surface area (Å²) in [4.78, 5) is 0. The molecule has 0 atom stereocenters. The highest BCUT2D eigenvalue weighted by Gasteiger charge is 2.30. The van der Waals surface area contributed by atoms with Crippen LogP contribution in [0, 0.1) is 12.3 Å². The standard InChI is InChI=1S/C35H33N2/c1-21-25-9-5-6-10-26(25)32-27-11-7-8-12-28(27)37-29-20-24(22-13-16-35(2,3)17-14-22)19-23-15-18-36(4)33(31(23)29)30(21)34(32)37/h5-12,15,18-20,22H,13-14,16-17H2,1-4H3/q+1. The number of pyridine rings is 2. The molecule has 1 aliphatic rings. The molecule has 8 rings (SSSR count). The summed E-state index contributed by atoms with van der Waals surface area (Å²) in [5, 5.41) is 9.60. The Morgan fingerprint density at radius 1 is 0.784 bits per heavy atom. The van der Waals surface area contributed by atoms with E-state index in [0.29, 0.717) is 11.3 Å². The number of fused-ring (bicyclic) bond motifs is 7. The molecule has 0 amide bonds. The predicted octanol–water partition coefficient (Wildman–Crippen LogP) is 8.96. The molecule has 0 spiro atoms. The SMILES string of the molecule is Cc1c2ccccc2c2c3ccccc3n3c4cc(C5CCC(C)(C)CC5)cc5cc[n+](C)c(c1c23)c54. The van der Waals surface area contributed by atoms with Gasteiger partial charge in [-0.25, -0.2) is 4.57 Å². The van der Waals surface area contributed by atoms with Crippen LogP contribution >= 0.6 is 0 Å². The monoisotopic (exact) mass is 481 g/mol. The van der Waals surface area contributed by atoms with Crippen LogP contribution in [0.2, 0.25) is 0 Å². The van der Waals surface area contributed by atoms with E-state index in [4.69, 9.17) is 0 Å². The first-order chi connectivity index (χ1) is 17.9. The van der Waals surface area contributed by atoms with E-state index in [1.54, 1.807) is 0 Å². The van der Waals surface area contributed by atoms with Crippen LogP contribution in [-0.2, 0) is 7.05 Å². The van der Waals surface area contributed by atoms with E-state index in [1.807, 2.05) is 0 Å². The van der Waals surface area contributed by atoms with Crippen LogP contribution < -0.4 is 4.57 Å². The summed E-state index contributed by atoms with van der Waals surface area (Å²) >= 11 is 0. The van der Waals surface area contributed by atoms with Gasteiger partial charge in [0.25, 0.3) is 0 Å². The number of para-hydroxylation sites is 1. The lowest BCUT2D eigenvalue weighted by molar-refractivity contribution is -0.643. The van der Waals surface area contributed by atoms with Gasteiger partial charge in [-0.1, -0.05) is 62.4 Å². The fourth-order valence-corrected chi connectivity index (χ4v) is 7.58. The lowest BCUT2D eigenvalue weighted by Crippen LogP contribution is -2.29. The molecular weight excluding hydrogens is 448 g/mol. The number of nitrogens with zero attached hydrogens (tertiary/aromatic N) is 2. The predicted molar refractivity (Wildman–Crippen MR) is 157 cm³/mol. The molecule has 2 nitrogen and oxygen atoms in total. The van der Waals surface area contributed by atoms with Crippen molar-refractivity contribution in [1.29, 1.82) is 0 Å². The zero-order valence-corrected chi connectivity index (χ0v) is 22.2. The molecule has 2 heteroatoms. The maximum absolute atomic E-state index is 2.60. The summed E-state index contributed by atoms with van der Waals surface area (Å²) < 4.78 is 4.96. The van der Waals surface area contributed by atoms with Gasteiger partial charge < -0.3 is 4.40 Å². The van der Waals surface area contributed by atoms with Gasteiger partial charge in [-0.15, -0.1) is 0 Å². The molecule has 3 heterocycles. The zero-order valence-electron chi connectivity index (χ0n) is 22.2. The molecule has 1 aliphatic carbocycles. The van der Waals surface area contributed by atoms with Crippen molar-refractivity contribution in [1.82, 2.24) is 4.40 Å². The van der Waals surface area contributed by atoms with Crippen molar-refractivity contribution in [3.8, 4) is 0 Å². The van der Waals surface area contributed by atoms with E-state index >= 15 is 0 Å². The van der Waals surface area contributed by atoms with Gasteiger partial charge in [0, 0.05) is 16.8 Å². The molecule has 0 aliphatic heterocycles. The van der Waals surface area contributed by atoms with Crippen LogP contribution in [0.1, 0.15) is 56.6 Å². The van der Waals surface area contributed by atoms with Crippen LogP contribution in [0.3, 0.4) is 0 Å². The molecule has 7 aromatic rings. The van der Waals surface area contributed by atoms with E-state index in [9.17, 15) is 0 Å². The first-order valence-corrected chi connectivity index (χ1v) is 13.8. The molecule has 37 heavy (non-hydrogen) atoms. The number of aromatic nitrogens is 2. The fraction of sp³-hybridized carbons (Fsp3) is 0.286. The molecule has 3 aromatic heterocycles. The summed E-state index contributed by atoms with van der Waals surface area (Å²) in [7, 11) is 2.22. The Morgan fingerprint density at radius 2 is 1.49 bits per heavy atom. The summed E-state index contributed by atoms with van der Waals surface area (Å²) in [6.45, 7) is 7.19. The number of hydrogen-bond donors (Lipinski definition) is 0. The molecule has 4 aromatic carbocycles. The molecule has 1 fully saturated rings. The first-order valence-electron chi connectivity index (χ1n) is 13.8. The third-order valence-electron chi connectivity index (χ3n) is 9.61. The minimum atomic E-state index is 0.475. The van der Waals surface area contributed by atoms with E-state index in [-0.39, 0.29) is 0 Å². The third-order valence-corrected chi connectivity index (χ3v) is 9.61. The summed E-state index contributed by atoms with van der Waals surface area (Å²) in [6, 6.07) is 25.4. The van der Waals surface area contributed by atoms with Crippen LogP contribution in [0.5, 0.6) is 0 Å². The second-order valence-corrected chi connectivity index (χ2v) is 12.3. The lowest BCUT2D eigenvalue weighted by Gasteiger charge is -2.34. The number of rotatable bonds is 1. The molecule has 1 saturated carbocycles. The van der Waals surface area contributed by atoms with Crippen LogP contribution in [0.25, 0.3) is 59.8 Å². The first kappa shape index (κ1) is 21.4. The van der Waals surface area contributed by atoms with Crippen LogP contribution in [0.15, 0.2) is 72.9 Å². The Kier molecular flexibility index (Phi) is 4.18. The van der Waals surface area contributed by atoms with Gasteiger partial charge in [-0.3, -0.25) is 0 Å². The maximum atomic E-state index is 2.60. The highest BCUT2D eigenvalue weighted by molar-refractivity contribution is 6.32. The van der Waals surface area contributed by atoms with Crippen molar-refractivity contribution in [2.24, 2.45) is 12.5 Å². The minimum absolute atomic E-state index is 0.475. The average Bonchev–Trinajstić information content (AvgIpc) is 3.25. The van der Waals surface area contributed by atoms with Gasteiger partial charge in [-0.05, 0) is 83.4 Å². The van der Waals surface area contributed by atoms with Gasteiger partial charge in [0.05, 0.1) is 27.3 Å². The van der Waals surface area contributed by atoms with E-state index in [0.717, 1.165) is 0 Å². The van der Waals surface area contributed by atoms with Crippen molar-refractivity contribution in [2.75, 3.05) is 0 Å². The highest BCUT2D eigenvalue weighted by atomic mass is 15.0. The van der Waals surface area contributed by atoms with Crippen molar-refractivity contribution in [3.05, 3.63) is 84.1 Å². The van der Waals surface area contributed by atoms with Crippen molar-refractivity contribution in [3.63, 3.8) is 0 Å². The second kappa shape index (κ2) is 7.22. The van der Waals surface area contributed by atoms with E-state index < -0.39 is 0 Å². The molecule has 0 N–H and O–H groups in total. The van der Waals surface area contributed by atoms with E-state index in [2.05, 4.69) is 110 Å². The Labute approximate surface area is 217 Å². The minimum Gasteiger partial charge on any atom is -0.307 e. The molecule has 0 bridgehead atoms. The second-order valence-electron chi connectivity index (χ2n) is 12.3. The summed E-state index contributed by atoms with van der Waals surface area (Å²) in [6.07, 6.45) is 7.46. The quantitative estimate of drug-likeness (QED) is 0.126. The molecule has 0 saturated heterocycles. The van der Waals surface area contributed by atoms with Gasteiger partial charge in [0.2, 0.25) is 5.52 Å². The lowest BCUT2D eigenvalue weighted by atomic mass is 9.71. The number of aryl methyl sites for hydroxylation is 2. The van der Waals surface area contributed by atoms with Crippen molar-refractivity contribution in [2.45, 2.75) is 52.4 Å². The molecule has 0 radical (unpaired) electrons. The topological polar surface area (TPSA) is 8.29 Å². The molecular formula is C35H33N2+. The third kappa shape index (κ3) is 2.79. The number of benzene rings is 4. The smallest absolute Gasteiger partial charge is 0.224 e. The Balaban J connectivity index is 1.62. The summed E-state index contributed by atoms with van der Waals surface area (Å²) in [5.74, 6) is 0.642. The Morgan fingerprint density at radius 3 is 2.27 bits per heavy atom. The van der Waals surface area contributed by atoms with Gasteiger partial charge in [-0.2, -0.15) is 0 Å².